The molecule has 1 heterocycles. The van der Waals surface area contributed by atoms with Crippen LogP contribution in [0, 0.1) is 0 Å². The van der Waals surface area contributed by atoms with Crippen molar-refractivity contribution in [3.63, 3.8) is 0 Å². The van der Waals surface area contributed by atoms with Gasteiger partial charge < -0.3 is 9.84 Å². The molecule has 0 aromatic heterocycles. The number of carboxylic acids is 1. The van der Waals surface area contributed by atoms with Gasteiger partial charge in [-0.05, 0) is 23.8 Å². The number of carbonyl (C=O) groups is 2. The van der Waals surface area contributed by atoms with Crippen LogP contribution in [0.5, 0.6) is 5.75 Å². The van der Waals surface area contributed by atoms with E-state index in [9.17, 15) is 14.7 Å². The molecule has 6 heteroatoms. The molecule has 0 unspecified atom stereocenters. The predicted molar refractivity (Wildman–Crippen MR) is 86.6 cm³/mol. The van der Waals surface area contributed by atoms with E-state index in [-0.39, 0.29) is 5.57 Å². The third-order valence-corrected chi connectivity index (χ3v) is 5.47. The lowest BCUT2D eigenvalue weighted by Gasteiger charge is -2.02. The van der Waals surface area contributed by atoms with Crippen LogP contribution in [0.2, 0.25) is 0 Å². The van der Waals surface area contributed by atoms with E-state index in [4.69, 9.17) is 4.74 Å². The first kappa shape index (κ1) is 15.7. The largest absolute Gasteiger partial charge is 0.497 e. The normalized spacial score (nSPS) is 14.4. The highest BCUT2D eigenvalue weighted by molar-refractivity contribution is 8.25. The van der Waals surface area contributed by atoms with Gasteiger partial charge in [0.25, 0.3) is 0 Å². The number of ketones is 1. The van der Waals surface area contributed by atoms with Crippen molar-refractivity contribution >= 4 is 41.4 Å². The molecule has 1 saturated heterocycles. The van der Waals surface area contributed by atoms with Crippen molar-refractivity contribution in [1.82, 2.24) is 0 Å². The summed E-state index contributed by atoms with van der Waals surface area (Å²) >= 11 is 2.85. The van der Waals surface area contributed by atoms with Crippen molar-refractivity contribution in [2.75, 3.05) is 18.6 Å². The predicted octanol–water partition coefficient (Wildman–Crippen LogP) is 3.05. The Hall–Kier alpha value is -1.66. The fourth-order valence-corrected chi connectivity index (χ4v) is 4.25. The lowest BCUT2D eigenvalue weighted by molar-refractivity contribution is -0.134. The number of benzene rings is 1. The molecule has 0 spiro atoms. The van der Waals surface area contributed by atoms with E-state index in [1.807, 2.05) is 0 Å². The number of carboxylic acid groups (broad SMARTS) is 1. The number of allylic oxidation sites excluding steroid dienone is 1. The Bertz CT molecular complexity index is 595. The summed E-state index contributed by atoms with van der Waals surface area (Å²) in [5.74, 6) is 0.760. The molecule has 4 nitrogen and oxygen atoms in total. The average Bonchev–Trinajstić information content (AvgIpc) is 2.99. The molecule has 0 aliphatic carbocycles. The molecular weight excluding hydrogens is 308 g/mol. The lowest BCUT2D eigenvalue weighted by Crippen LogP contribution is -2.11. The SMILES string of the molecule is COc1ccc(C=CC(=O)C(C(=O)O)=C2SCCS2)cc1. The van der Waals surface area contributed by atoms with E-state index in [0.717, 1.165) is 22.8 Å². The first-order chi connectivity index (χ1) is 10.1. The summed E-state index contributed by atoms with van der Waals surface area (Å²) in [4.78, 5) is 23.4. The minimum Gasteiger partial charge on any atom is -0.497 e. The van der Waals surface area contributed by atoms with Crippen molar-refractivity contribution in [1.29, 1.82) is 0 Å². The van der Waals surface area contributed by atoms with Crippen molar-refractivity contribution < 1.29 is 19.4 Å². The van der Waals surface area contributed by atoms with Crippen LogP contribution in [0.15, 0.2) is 40.2 Å². The van der Waals surface area contributed by atoms with Crippen LogP contribution in [-0.2, 0) is 9.59 Å². The number of hydrogen-bond donors (Lipinski definition) is 1. The van der Waals surface area contributed by atoms with Gasteiger partial charge in [-0.2, -0.15) is 0 Å². The first-order valence-electron chi connectivity index (χ1n) is 6.21. The zero-order valence-electron chi connectivity index (χ0n) is 11.4. The third-order valence-electron chi connectivity index (χ3n) is 2.76. The van der Waals surface area contributed by atoms with Crippen LogP contribution < -0.4 is 4.74 Å². The standard InChI is InChI=1S/C15H14O4S2/c1-19-11-5-2-10(3-6-11)4-7-12(16)13(14(17)18)15-20-8-9-21-15/h2-7H,8-9H2,1H3,(H,17,18). The minimum atomic E-state index is -1.17. The Morgan fingerprint density at radius 1 is 1.19 bits per heavy atom. The monoisotopic (exact) mass is 322 g/mol. The zero-order chi connectivity index (χ0) is 15.2. The second-order valence-corrected chi connectivity index (χ2v) is 6.60. The molecule has 1 aromatic rings. The highest BCUT2D eigenvalue weighted by Crippen LogP contribution is 2.39. The van der Waals surface area contributed by atoms with Crippen molar-refractivity contribution in [2.45, 2.75) is 0 Å². The summed E-state index contributed by atoms with van der Waals surface area (Å²) < 4.78 is 5.65. The maximum absolute atomic E-state index is 12.1. The Kier molecular flexibility index (Phi) is 5.52. The second-order valence-electron chi connectivity index (χ2n) is 4.14. The van der Waals surface area contributed by atoms with E-state index >= 15 is 0 Å². The van der Waals surface area contributed by atoms with Crippen molar-refractivity contribution in [3.8, 4) is 5.75 Å². The van der Waals surface area contributed by atoms with Gasteiger partial charge in [-0.25, -0.2) is 4.79 Å². The highest BCUT2D eigenvalue weighted by atomic mass is 32.2. The molecule has 0 radical (unpaired) electrons. The van der Waals surface area contributed by atoms with Gasteiger partial charge >= 0.3 is 5.97 Å². The molecule has 0 saturated carbocycles. The van der Waals surface area contributed by atoms with Gasteiger partial charge in [0.15, 0.2) is 5.78 Å². The summed E-state index contributed by atoms with van der Waals surface area (Å²) in [6.07, 6.45) is 2.91. The maximum Gasteiger partial charge on any atom is 0.341 e. The summed E-state index contributed by atoms with van der Waals surface area (Å²) in [6, 6.07) is 7.16. The number of ether oxygens (including phenoxy) is 1. The average molecular weight is 322 g/mol. The van der Waals surface area contributed by atoms with Gasteiger partial charge in [-0.3, -0.25) is 4.79 Å². The van der Waals surface area contributed by atoms with Gasteiger partial charge in [0.2, 0.25) is 0 Å². The van der Waals surface area contributed by atoms with Crippen LogP contribution in [0.1, 0.15) is 5.56 Å². The van der Waals surface area contributed by atoms with Gasteiger partial charge in [-0.1, -0.05) is 18.2 Å². The van der Waals surface area contributed by atoms with Gasteiger partial charge in [0.1, 0.15) is 11.3 Å². The van der Waals surface area contributed by atoms with Gasteiger partial charge in [0.05, 0.1) is 11.3 Å². The smallest absolute Gasteiger partial charge is 0.341 e. The number of methoxy groups -OCH3 is 1. The molecule has 1 aliphatic heterocycles. The Morgan fingerprint density at radius 3 is 2.33 bits per heavy atom. The molecule has 2 rings (SSSR count). The molecule has 0 amide bonds. The van der Waals surface area contributed by atoms with E-state index in [0.29, 0.717) is 4.24 Å². The first-order valence-corrected chi connectivity index (χ1v) is 8.18. The number of aliphatic carboxylic acids is 1. The molecule has 1 aliphatic rings. The maximum atomic E-state index is 12.1. The quantitative estimate of drug-likeness (QED) is 0.511. The lowest BCUT2D eigenvalue weighted by atomic mass is 10.1. The molecule has 1 N–H and O–H groups in total. The van der Waals surface area contributed by atoms with Crippen LogP contribution in [-0.4, -0.2) is 35.5 Å². The molecular formula is C15H14O4S2. The van der Waals surface area contributed by atoms with E-state index in [1.165, 1.54) is 29.6 Å². The third kappa shape index (κ3) is 4.15. The zero-order valence-corrected chi connectivity index (χ0v) is 13.0. The highest BCUT2D eigenvalue weighted by Gasteiger charge is 2.24. The number of rotatable bonds is 5. The molecule has 21 heavy (non-hydrogen) atoms. The van der Waals surface area contributed by atoms with Gasteiger partial charge in [0, 0.05) is 11.5 Å². The number of carbonyl (C=O) groups excluding carboxylic acids is 1. The Morgan fingerprint density at radius 2 is 1.81 bits per heavy atom. The van der Waals surface area contributed by atoms with E-state index < -0.39 is 11.8 Å². The van der Waals surface area contributed by atoms with Crippen LogP contribution in [0.4, 0.5) is 0 Å². The molecule has 0 bridgehead atoms. The van der Waals surface area contributed by atoms with Crippen LogP contribution in [0.25, 0.3) is 6.08 Å². The molecule has 1 aromatic carbocycles. The number of thioether (sulfide) groups is 2. The van der Waals surface area contributed by atoms with E-state index in [1.54, 1.807) is 37.5 Å². The summed E-state index contributed by atoms with van der Waals surface area (Å²) in [5.41, 5.74) is 0.679. The van der Waals surface area contributed by atoms with Gasteiger partial charge in [-0.15, -0.1) is 23.5 Å². The fraction of sp³-hybridized carbons (Fsp3) is 0.200. The Balaban J connectivity index is 2.16. The summed E-state index contributed by atoms with van der Waals surface area (Å²) in [6.45, 7) is 0. The van der Waals surface area contributed by atoms with Crippen molar-refractivity contribution in [3.05, 3.63) is 45.7 Å². The fourth-order valence-electron chi connectivity index (χ4n) is 1.72. The molecule has 0 atom stereocenters. The van der Waals surface area contributed by atoms with Crippen molar-refractivity contribution in [2.24, 2.45) is 0 Å². The summed E-state index contributed by atoms with van der Waals surface area (Å²) in [5, 5.41) is 9.21. The molecule has 110 valence electrons. The second kappa shape index (κ2) is 7.38. The van der Waals surface area contributed by atoms with E-state index in [2.05, 4.69) is 0 Å². The Labute approximate surface area is 131 Å². The van der Waals surface area contributed by atoms with Crippen LogP contribution >= 0.6 is 23.5 Å². The number of hydrogen-bond acceptors (Lipinski definition) is 5. The van der Waals surface area contributed by atoms with Crippen LogP contribution in [0.3, 0.4) is 0 Å². The molecule has 1 fully saturated rings. The topological polar surface area (TPSA) is 63.6 Å². The minimum absolute atomic E-state index is 0.132. The summed E-state index contributed by atoms with van der Waals surface area (Å²) in [7, 11) is 1.58.